The number of carbonyl (C=O) groups excluding carboxylic acids is 3. The van der Waals surface area contributed by atoms with E-state index in [1.165, 1.54) is 6.33 Å². The second-order valence-electron chi connectivity index (χ2n) is 12.0. The first-order valence-electron chi connectivity index (χ1n) is 15.4. The standard InChI is InChI=1S/C33H48N6O5/c1-5-21(4)29(18-40)37-31(42)16-30(41)27(13-20(2)3)38-33(44)28(15-24-17-35-19-36-24)39-32(43)26(34)14-23-11-8-10-22-9-6-7-12-25(22)23/h6-12,17,19-21,26-30,40-41H,5,13-16,18,34H2,1-4H3,(H,35,36)(H,37,42)(H,38,44)(H,39,43)/t21-,26-,27-,28-,29+,30-/m0/s1. The van der Waals surface area contributed by atoms with E-state index >= 15 is 0 Å². The Bertz CT molecular complexity index is 1340. The van der Waals surface area contributed by atoms with Crippen LogP contribution in [0.15, 0.2) is 55.0 Å². The number of nitrogens with one attached hydrogen (secondary N) is 4. The summed E-state index contributed by atoms with van der Waals surface area (Å²) in [6.45, 7) is 7.60. The zero-order valence-corrected chi connectivity index (χ0v) is 26.1. The predicted octanol–water partition coefficient (Wildman–Crippen LogP) is 1.97. The van der Waals surface area contributed by atoms with Gasteiger partial charge in [-0.05, 0) is 41.0 Å². The van der Waals surface area contributed by atoms with Crippen LogP contribution in [0.4, 0.5) is 0 Å². The third-order valence-electron chi connectivity index (χ3n) is 8.05. The largest absolute Gasteiger partial charge is 0.394 e. The van der Waals surface area contributed by atoms with Gasteiger partial charge in [0.25, 0.3) is 0 Å². The van der Waals surface area contributed by atoms with Crippen LogP contribution in [0.3, 0.4) is 0 Å². The molecule has 0 fully saturated rings. The minimum Gasteiger partial charge on any atom is -0.394 e. The molecular formula is C33H48N6O5. The molecule has 0 aliphatic heterocycles. The first-order valence-corrected chi connectivity index (χ1v) is 15.4. The molecule has 0 aliphatic carbocycles. The van der Waals surface area contributed by atoms with Crippen molar-refractivity contribution in [1.29, 1.82) is 0 Å². The second-order valence-corrected chi connectivity index (χ2v) is 12.0. The highest BCUT2D eigenvalue weighted by Gasteiger charge is 2.31. The van der Waals surface area contributed by atoms with Gasteiger partial charge in [-0.1, -0.05) is 76.6 Å². The maximum absolute atomic E-state index is 13.6. The molecule has 0 saturated carbocycles. The van der Waals surface area contributed by atoms with Gasteiger partial charge in [0.05, 0.1) is 43.6 Å². The normalized spacial score (nSPS) is 15.6. The minimum absolute atomic E-state index is 0.0612. The van der Waals surface area contributed by atoms with E-state index in [2.05, 4.69) is 25.9 Å². The highest BCUT2D eigenvalue weighted by molar-refractivity contribution is 5.91. The van der Waals surface area contributed by atoms with E-state index in [1.54, 1.807) is 6.20 Å². The van der Waals surface area contributed by atoms with Crippen LogP contribution in [0.25, 0.3) is 10.8 Å². The summed E-state index contributed by atoms with van der Waals surface area (Å²) in [4.78, 5) is 46.7. The SMILES string of the molecule is CC[C@H](C)[C@@H](CO)NC(=O)C[C@H](O)[C@H](CC(C)C)NC(=O)[C@H](Cc1cnc[nH]1)NC(=O)[C@@H](N)Cc1cccc2ccccc12. The third kappa shape index (κ3) is 10.1. The van der Waals surface area contributed by atoms with Crippen molar-refractivity contribution in [2.45, 2.75) is 90.1 Å². The van der Waals surface area contributed by atoms with Crippen LogP contribution in [-0.2, 0) is 27.2 Å². The van der Waals surface area contributed by atoms with E-state index in [9.17, 15) is 24.6 Å². The van der Waals surface area contributed by atoms with Crippen LogP contribution in [0.2, 0.25) is 0 Å². The monoisotopic (exact) mass is 608 g/mol. The van der Waals surface area contributed by atoms with Gasteiger partial charge in [0.2, 0.25) is 17.7 Å². The molecule has 3 amide bonds. The molecule has 0 aliphatic rings. The summed E-state index contributed by atoms with van der Waals surface area (Å²) < 4.78 is 0. The van der Waals surface area contributed by atoms with Crippen LogP contribution in [-0.4, -0.2) is 74.8 Å². The molecule has 44 heavy (non-hydrogen) atoms. The van der Waals surface area contributed by atoms with Crippen molar-refractivity contribution >= 4 is 28.5 Å². The number of H-pyrrole nitrogens is 1. The summed E-state index contributed by atoms with van der Waals surface area (Å²) in [7, 11) is 0. The lowest BCUT2D eigenvalue weighted by atomic mass is 9.95. The number of aliphatic hydroxyl groups is 2. The Morgan fingerprint density at radius 1 is 0.955 bits per heavy atom. The smallest absolute Gasteiger partial charge is 0.243 e. The van der Waals surface area contributed by atoms with E-state index in [-0.39, 0.29) is 37.7 Å². The van der Waals surface area contributed by atoms with Crippen molar-refractivity contribution in [2.24, 2.45) is 17.6 Å². The van der Waals surface area contributed by atoms with Crippen molar-refractivity contribution in [2.75, 3.05) is 6.61 Å². The molecular weight excluding hydrogens is 560 g/mol. The third-order valence-corrected chi connectivity index (χ3v) is 8.05. The molecule has 6 atom stereocenters. The molecule has 1 heterocycles. The number of amides is 3. The van der Waals surface area contributed by atoms with Crippen molar-refractivity contribution in [3.05, 3.63) is 66.2 Å². The number of benzene rings is 2. The van der Waals surface area contributed by atoms with Crippen LogP contribution in [0.5, 0.6) is 0 Å². The van der Waals surface area contributed by atoms with Gasteiger partial charge in [0, 0.05) is 18.3 Å². The van der Waals surface area contributed by atoms with E-state index in [0.29, 0.717) is 12.1 Å². The first-order chi connectivity index (χ1) is 21.0. The number of hydrogen-bond acceptors (Lipinski definition) is 7. The Morgan fingerprint density at radius 2 is 1.68 bits per heavy atom. The zero-order valence-electron chi connectivity index (χ0n) is 26.1. The zero-order chi connectivity index (χ0) is 32.2. The number of fused-ring (bicyclic) bond motifs is 1. The molecule has 11 nitrogen and oxygen atoms in total. The molecule has 0 unspecified atom stereocenters. The Morgan fingerprint density at radius 3 is 2.34 bits per heavy atom. The molecule has 8 N–H and O–H groups in total. The Kier molecular flexibility index (Phi) is 13.3. The van der Waals surface area contributed by atoms with Crippen molar-refractivity contribution in [3.8, 4) is 0 Å². The van der Waals surface area contributed by atoms with E-state index < -0.39 is 48.0 Å². The number of aromatic amines is 1. The average molecular weight is 609 g/mol. The number of aliphatic hydroxyl groups excluding tert-OH is 2. The van der Waals surface area contributed by atoms with Crippen LogP contribution in [0, 0.1) is 11.8 Å². The fraction of sp³-hybridized carbons (Fsp3) is 0.515. The van der Waals surface area contributed by atoms with Gasteiger partial charge in [-0.3, -0.25) is 14.4 Å². The highest BCUT2D eigenvalue weighted by Crippen LogP contribution is 2.20. The van der Waals surface area contributed by atoms with E-state index in [0.717, 1.165) is 22.8 Å². The van der Waals surface area contributed by atoms with E-state index in [4.69, 9.17) is 5.73 Å². The Labute approximate surface area is 259 Å². The van der Waals surface area contributed by atoms with Crippen molar-refractivity contribution in [1.82, 2.24) is 25.9 Å². The molecule has 0 bridgehead atoms. The number of carbonyl (C=O) groups is 3. The van der Waals surface area contributed by atoms with Gasteiger partial charge >= 0.3 is 0 Å². The first kappa shape index (κ1) is 34.7. The Balaban J connectivity index is 1.72. The molecule has 0 spiro atoms. The quantitative estimate of drug-likeness (QED) is 0.122. The van der Waals surface area contributed by atoms with Crippen LogP contribution in [0.1, 0.15) is 58.2 Å². The van der Waals surface area contributed by atoms with Crippen LogP contribution < -0.4 is 21.7 Å². The van der Waals surface area contributed by atoms with Gasteiger partial charge in [0.15, 0.2) is 0 Å². The average Bonchev–Trinajstić information content (AvgIpc) is 3.51. The number of rotatable bonds is 17. The van der Waals surface area contributed by atoms with Crippen molar-refractivity contribution in [3.63, 3.8) is 0 Å². The second kappa shape index (κ2) is 16.9. The van der Waals surface area contributed by atoms with E-state index in [1.807, 2.05) is 70.2 Å². The summed E-state index contributed by atoms with van der Waals surface area (Å²) >= 11 is 0. The highest BCUT2D eigenvalue weighted by atomic mass is 16.3. The summed E-state index contributed by atoms with van der Waals surface area (Å²) in [5.41, 5.74) is 7.91. The topological polar surface area (TPSA) is 182 Å². The maximum atomic E-state index is 13.6. The molecule has 1 aromatic heterocycles. The minimum atomic E-state index is -1.19. The van der Waals surface area contributed by atoms with Crippen LogP contribution >= 0.6 is 0 Å². The number of aromatic nitrogens is 2. The molecule has 0 saturated heterocycles. The number of hydrogen-bond donors (Lipinski definition) is 7. The maximum Gasteiger partial charge on any atom is 0.243 e. The van der Waals surface area contributed by atoms with Gasteiger partial charge < -0.3 is 36.9 Å². The van der Waals surface area contributed by atoms with Gasteiger partial charge in [-0.25, -0.2) is 4.98 Å². The summed E-state index contributed by atoms with van der Waals surface area (Å²) in [6, 6.07) is 10.6. The van der Waals surface area contributed by atoms with Gasteiger partial charge in [0.1, 0.15) is 6.04 Å². The summed E-state index contributed by atoms with van der Waals surface area (Å²) in [5, 5.41) is 31.3. The van der Waals surface area contributed by atoms with Gasteiger partial charge in [-0.2, -0.15) is 0 Å². The molecule has 240 valence electrons. The lowest BCUT2D eigenvalue weighted by Crippen LogP contribution is -2.56. The lowest BCUT2D eigenvalue weighted by molar-refractivity contribution is -0.131. The molecule has 3 rings (SSSR count). The number of nitrogens with zero attached hydrogens (tertiary/aromatic N) is 1. The molecule has 3 aromatic rings. The summed E-state index contributed by atoms with van der Waals surface area (Å²) in [5.74, 6) is -1.26. The molecule has 2 aromatic carbocycles. The fourth-order valence-electron chi connectivity index (χ4n) is 5.26. The lowest BCUT2D eigenvalue weighted by Gasteiger charge is -2.29. The van der Waals surface area contributed by atoms with Gasteiger partial charge in [-0.15, -0.1) is 0 Å². The Hall–Kier alpha value is -3.80. The molecule has 11 heteroatoms. The fourth-order valence-corrected chi connectivity index (χ4v) is 5.26. The molecule has 0 radical (unpaired) electrons. The predicted molar refractivity (Wildman–Crippen MR) is 170 cm³/mol. The summed E-state index contributed by atoms with van der Waals surface area (Å²) in [6.07, 6.45) is 3.20. The number of nitrogens with two attached hydrogens (primary N) is 1. The number of imidazole rings is 1. The van der Waals surface area contributed by atoms with Crippen molar-refractivity contribution < 1.29 is 24.6 Å².